The smallest absolute Gasteiger partial charge is 0.339 e. The molecule has 0 heterocycles. The summed E-state index contributed by atoms with van der Waals surface area (Å²) in [5, 5.41) is 0.147. The number of carbonyl (C=O) groups is 1. The van der Waals surface area contributed by atoms with Gasteiger partial charge in [-0.25, -0.2) is 4.79 Å². The second-order valence-electron chi connectivity index (χ2n) is 8.57. The molecule has 0 saturated heterocycles. The van der Waals surface area contributed by atoms with Crippen LogP contribution in [-0.4, -0.2) is 20.4 Å². The summed E-state index contributed by atoms with van der Waals surface area (Å²) >= 11 is 0. The van der Waals surface area contributed by atoms with Crippen molar-refractivity contribution in [1.82, 2.24) is 0 Å². The van der Waals surface area contributed by atoms with E-state index in [1.54, 1.807) is 12.1 Å². The van der Waals surface area contributed by atoms with E-state index >= 15 is 0 Å². The van der Waals surface area contributed by atoms with Gasteiger partial charge in [0.2, 0.25) is 0 Å². The summed E-state index contributed by atoms with van der Waals surface area (Å²) in [7, 11) is -1.86. The predicted molar refractivity (Wildman–Crippen MR) is 118 cm³/mol. The highest BCUT2D eigenvalue weighted by molar-refractivity contribution is 6.74. The molecular formula is C24H32O3Si. The fourth-order valence-corrected chi connectivity index (χ4v) is 3.92. The lowest BCUT2D eigenvalue weighted by molar-refractivity contribution is 0.0389. The van der Waals surface area contributed by atoms with Crippen molar-refractivity contribution in [2.24, 2.45) is 0 Å². The number of carbonyl (C=O) groups excluding carboxylic acids is 1. The Balaban J connectivity index is 2.16. The monoisotopic (exact) mass is 396 g/mol. The maximum atomic E-state index is 12.6. The highest BCUT2D eigenvalue weighted by Gasteiger charge is 2.38. The quantitative estimate of drug-likeness (QED) is 0.302. The molecule has 150 valence electrons. The van der Waals surface area contributed by atoms with Gasteiger partial charge in [-0.2, -0.15) is 0 Å². The zero-order valence-electron chi connectivity index (χ0n) is 17.8. The molecule has 1 unspecified atom stereocenters. The van der Waals surface area contributed by atoms with E-state index in [1.807, 2.05) is 67.6 Å². The Bertz CT molecular complexity index is 777. The van der Waals surface area contributed by atoms with Gasteiger partial charge in [0.05, 0.1) is 11.7 Å². The van der Waals surface area contributed by atoms with Gasteiger partial charge in [0.25, 0.3) is 0 Å². The van der Waals surface area contributed by atoms with Crippen LogP contribution in [0.3, 0.4) is 0 Å². The molecule has 0 amide bonds. The van der Waals surface area contributed by atoms with Gasteiger partial charge < -0.3 is 9.16 Å². The van der Waals surface area contributed by atoms with Crippen molar-refractivity contribution in [2.45, 2.75) is 58.0 Å². The second kappa shape index (κ2) is 9.35. The molecule has 0 fully saturated rings. The van der Waals surface area contributed by atoms with E-state index < -0.39 is 14.4 Å². The Labute approximate surface area is 170 Å². The van der Waals surface area contributed by atoms with Gasteiger partial charge in [0.1, 0.15) is 6.10 Å². The molecule has 28 heavy (non-hydrogen) atoms. The van der Waals surface area contributed by atoms with Gasteiger partial charge in [-0.05, 0) is 48.8 Å². The number of esters is 1. The van der Waals surface area contributed by atoms with Crippen molar-refractivity contribution in [3.05, 3.63) is 83.9 Å². The molecule has 0 bridgehead atoms. The third kappa shape index (κ3) is 6.18. The van der Waals surface area contributed by atoms with E-state index in [0.29, 0.717) is 5.56 Å². The van der Waals surface area contributed by atoms with Crippen LogP contribution in [-0.2, 0) is 9.16 Å². The van der Waals surface area contributed by atoms with Gasteiger partial charge in [-0.1, -0.05) is 75.4 Å². The highest BCUT2D eigenvalue weighted by Crippen LogP contribution is 2.37. The van der Waals surface area contributed by atoms with Gasteiger partial charge >= 0.3 is 5.97 Å². The second-order valence-corrected chi connectivity index (χ2v) is 13.3. The Hall–Kier alpha value is -2.17. The molecule has 0 saturated carbocycles. The van der Waals surface area contributed by atoms with Gasteiger partial charge in [-0.3, -0.25) is 0 Å². The average Bonchev–Trinajstić information content (AvgIpc) is 2.65. The Morgan fingerprint density at radius 3 is 2.00 bits per heavy atom. The van der Waals surface area contributed by atoms with Crippen LogP contribution in [0.1, 0.15) is 49.7 Å². The van der Waals surface area contributed by atoms with Crippen LogP contribution >= 0.6 is 0 Å². The molecule has 0 spiro atoms. The molecule has 2 rings (SSSR count). The molecule has 0 aliphatic rings. The lowest BCUT2D eigenvalue weighted by Crippen LogP contribution is -2.42. The summed E-state index contributed by atoms with van der Waals surface area (Å²) in [5.41, 5.74) is 1.48. The first-order valence-electron chi connectivity index (χ1n) is 9.77. The van der Waals surface area contributed by atoms with Crippen molar-refractivity contribution in [1.29, 1.82) is 0 Å². The van der Waals surface area contributed by atoms with E-state index in [1.165, 1.54) is 0 Å². The molecule has 3 nitrogen and oxygen atoms in total. The number of ether oxygens (including phenoxy) is 1. The van der Waals surface area contributed by atoms with Crippen molar-refractivity contribution >= 4 is 14.3 Å². The van der Waals surface area contributed by atoms with Gasteiger partial charge in [0, 0.05) is 0 Å². The summed E-state index contributed by atoms with van der Waals surface area (Å²) in [5.74, 6) is -0.336. The molecule has 4 heteroatoms. The normalized spacial score (nSPS) is 14.6. The largest absolute Gasteiger partial charge is 0.450 e. The fourth-order valence-electron chi connectivity index (χ4n) is 2.56. The van der Waals surface area contributed by atoms with Crippen molar-refractivity contribution in [3.8, 4) is 0 Å². The number of benzene rings is 2. The molecule has 0 aliphatic heterocycles. The van der Waals surface area contributed by atoms with Crippen LogP contribution in [0, 0.1) is 0 Å². The molecule has 0 N–H and O–H groups in total. The molecular weight excluding hydrogens is 364 g/mol. The van der Waals surface area contributed by atoms with Crippen LogP contribution in [0.5, 0.6) is 0 Å². The van der Waals surface area contributed by atoms with Crippen molar-refractivity contribution in [2.75, 3.05) is 0 Å². The first kappa shape index (κ1) is 22.1. The zero-order chi connectivity index (χ0) is 20.8. The van der Waals surface area contributed by atoms with Crippen molar-refractivity contribution < 1.29 is 14.0 Å². The molecule has 0 radical (unpaired) electrons. The number of hydrogen-bond acceptors (Lipinski definition) is 3. The Morgan fingerprint density at radius 1 is 0.929 bits per heavy atom. The van der Waals surface area contributed by atoms with Crippen LogP contribution < -0.4 is 0 Å². The standard InChI is InChI=1S/C24H32O3Si/c1-19(27-28(5,6)24(2,3)4)17-18-22(20-13-9-7-10-14-20)26-23(25)21-15-11-8-12-16-21/h7-19,22H,1-6H3/b18-17+/t19-,22?/m0/s1. The molecule has 0 aromatic heterocycles. The summed E-state index contributed by atoms with van der Waals surface area (Å²) in [6.45, 7) is 13.2. The highest BCUT2D eigenvalue weighted by atomic mass is 28.4. The average molecular weight is 397 g/mol. The van der Waals surface area contributed by atoms with E-state index in [-0.39, 0.29) is 17.1 Å². The zero-order valence-corrected chi connectivity index (χ0v) is 18.8. The summed E-state index contributed by atoms with van der Waals surface area (Å²) in [6, 6.07) is 18.8. The molecule has 0 aliphatic carbocycles. The summed E-state index contributed by atoms with van der Waals surface area (Å²) in [4.78, 5) is 12.6. The predicted octanol–water partition coefficient (Wildman–Crippen LogP) is 6.55. The van der Waals surface area contributed by atoms with Crippen LogP contribution in [0.4, 0.5) is 0 Å². The topological polar surface area (TPSA) is 35.5 Å². The maximum absolute atomic E-state index is 12.6. The fraction of sp³-hybridized carbons (Fsp3) is 0.375. The third-order valence-corrected chi connectivity index (χ3v) is 9.79. The molecule has 2 atom stereocenters. The minimum Gasteiger partial charge on any atom is -0.450 e. The Kier molecular flexibility index (Phi) is 7.39. The van der Waals surface area contributed by atoms with E-state index in [4.69, 9.17) is 9.16 Å². The van der Waals surface area contributed by atoms with Gasteiger partial charge in [-0.15, -0.1) is 0 Å². The van der Waals surface area contributed by atoms with Crippen LogP contribution in [0.15, 0.2) is 72.8 Å². The first-order chi connectivity index (χ1) is 13.1. The SMILES string of the molecule is C[C@@H](/C=C/C(OC(=O)c1ccccc1)c1ccccc1)O[Si](C)(C)C(C)(C)C. The minimum atomic E-state index is -1.86. The first-order valence-corrected chi connectivity index (χ1v) is 12.7. The van der Waals surface area contributed by atoms with Gasteiger partial charge in [0.15, 0.2) is 8.32 Å². The lowest BCUT2D eigenvalue weighted by atomic mass is 10.1. The summed E-state index contributed by atoms with van der Waals surface area (Å²) in [6.07, 6.45) is 3.41. The maximum Gasteiger partial charge on any atom is 0.339 e. The summed E-state index contributed by atoms with van der Waals surface area (Å²) < 4.78 is 12.2. The van der Waals surface area contributed by atoms with E-state index in [0.717, 1.165) is 5.56 Å². The Morgan fingerprint density at radius 2 is 1.46 bits per heavy atom. The number of rotatable bonds is 7. The van der Waals surface area contributed by atoms with E-state index in [9.17, 15) is 4.79 Å². The van der Waals surface area contributed by atoms with Crippen molar-refractivity contribution in [3.63, 3.8) is 0 Å². The molecule has 2 aromatic carbocycles. The lowest BCUT2D eigenvalue weighted by Gasteiger charge is -2.37. The number of hydrogen-bond donors (Lipinski definition) is 0. The van der Waals surface area contributed by atoms with E-state index in [2.05, 4.69) is 33.9 Å². The minimum absolute atomic E-state index is 0.0532. The van der Waals surface area contributed by atoms with Crippen LogP contribution in [0.2, 0.25) is 18.1 Å². The third-order valence-electron chi connectivity index (χ3n) is 5.22. The molecule has 2 aromatic rings. The van der Waals surface area contributed by atoms with Crippen LogP contribution in [0.25, 0.3) is 0 Å².